The number of carbonyl (C=O) groups is 1. The van der Waals surface area contributed by atoms with Crippen LogP contribution in [-0.2, 0) is 0 Å². The first-order chi connectivity index (χ1) is 12.8. The normalized spacial score (nSPS) is 10.5. The van der Waals surface area contributed by atoms with Crippen LogP contribution in [-0.4, -0.2) is 16.1 Å². The maximum Gasteiger partial charge on any atom is 0.305 e. The average molecular weight is 343 g/mol. The lowest BCUT2D eigenvalue weighted by molar-refractivity contribution is -0.641. The van der Waals surface area contributed by atoms with E-state index in [2.05, 4.69) is 15.6 Å². The molecule has 4 aromatic rings. The molecule has 0 saturated heterocycles. The number of carbonyl (C=O) groups excluding carboxylic acids is 1. The Morgan fingerprint density at radius 1 is 0.769 bits per heavy atom. The first kappa shape index (κ1) is 15.7. The smallest absolute Gasteiger partial charge is 0.305 e. The summed E-state index contributed by atoms with van der Waals surface area (Å²) in [5.41, 5.74) is 5.01. The summed E-state index contributed by atoms with van der Waals surface area (Å²) in [5, 5.41) is 8.17. The van der Waals surface area contributed by atoms with Gasteiger partial charge in [0.1, 0.15) is 0 Å². The zero-order valence-electron chi connectivity index (χ0n) is 13.7. The Bertz CT molecular complexity index is 1010. The Morgan fingerprint density at radius 2 is 1.31 bits per heavy atom. The molecule has 6 heteroatoms. The third kappa shape index (κ3) is 3.34. The SMILES string of the molecule is O=C(N[n+]1ccc(-c2nnc(-c3ccccc3)o2)cc1)c1ccccc1. The highest BCUT2D eigenvalue weighted by atomic mass is 16.4. The zero-order valence-corrected chi connectivity index (χ0v) is 13.7. The second kappa shape index (κ2) is 6.98. The van der Waals surface area contributed by atoms with E-state index in [9.17, 15) is 4.79 Å². The van der Waals surface area contributed by atoms with E-state index in [-0.39, 0.29) is 5.91 Å². The number of nitrogens with one attached hydrogen (secondary N) is 1. The van der Waals surface area contributed by atoms with Crippen LogP contribution < -0.4 is 10.1 Å². The van der Waals surface area contributed by atoms with Gasteiger partial charge in [0.25, 0.3) is 0 Å². The lowest BCUT2D eigenvalue weighted by Crippen LogP contribution is -2.47. The summed E-state index contributed by atoms with van der Waals surface area (Å²) >= 11 is 0. The maximum atomic E-state index is 12.2. The monoisotopic (exact) mass is 343 g/mol. The second-order valence-electron chi connectivity index (χ2n) is 5.58. The summed E-state index contributed by atoms with van der Waals surface area (Å²) < 4.78 is 7.30. The second-order valence-corrected chi connectivity index (χ2v) is 5.58. The minimum absolute atomic E-state index is 0.187. The first-order valence-electron chi connectivity index (χ1n) is 8.06. The van der Waals surface area contributed by atoms with E-state index in [0.717, 1.165) is 11.1 Å². The molecule has 0 unspecified atom stereocenters. The largest absolute Gasteiger partial charge is 0.416 e. The molecule has 0 radical (unpaired) electrons. The van der Waals surface area contributed by atoms with Crippen molar-refractivity contribution in [3.05, 3.63) is 90.8 Å². The van der Waals surface area contributed by atoms with E-state index in [1.165, 1.54) is 0 Å². The Morgan fingerprint density at radius 3 is 1.92 bits per heavy atom. The molecule has 6 nitrogen and oxygen atoms in total. The summed E-state index contributed by atoms with van der Waals surface area (Å²) in [6.07, 6.45) is 3.45. The molecule has 2 aromatic heterocycles. The lowest BCUT2D eigenvalue weighted by atomic mass is 10.2. The maximum absolute atomic E-state index is 12.2. The standard InChI is InChI=1S/C20H14N4O2/c25-18(15-7-3-1-4-8-15)23-24-13-11-17(12-14-24)20-22-21-19(26-20)16-9-5-2-6-10-16/h1-14H/p+1. The highest BCUT2D eigenvalue weighted by molar-refractivity contribution is 5.98. The van der Waals surface area contributed by atoms with E-state index in [4.69, 9.17) is 4.42 Å². The van der Waals surface area contributed by atoms with Gasteiger partial charge in [0.2, 0.25) is 24.2 Å². The quantitative estimate of drug-likeness (QED) is 0.578. The van der Waals surface area contributed by atoms with Gasteiger partial charge in [0.15, 0.2) is 0 Å². The minimum atomic E-state index is -0.187. The van der Waals surface area contributed by atoms with E-state index in [1.807, 2.05) is 48.5 Å². The third-order valence-electron chi connectivity index (χ3n) is 3.79. The molecule has 0 aliphatic carbocycles. The molecule has 2 heterocycles. The Balaban J connectivity index is 1.50. The van der Waals surface area contributed by atoms with E-state index in [1.54, 1.807) is 41.3 Å². The molecule has 2 aromatic carbocycles. The fourth-order valence-electron chi connectivity index (χ4n) is 2.45. The molecule has 1 amide bonds. The van der Waals surface area contributed by atoms with Crippen LogP contribution in [0.15, 0.2) is 89.6 Å². The van der Waals surface area contributed by atoms with Gasteiger partial charge in [0.05, 0.1) is 5.56 Å². The van der Waals surface area contributed by atoms with Crippen LogP contribution in [0.3, 0.4) is 0 Å². The molecule has 1 N–H and O–H groups in total. The predicted octanol–water partition coefficient (Wildman–Crippen LogP) is 3.08. The number of rotatable bonds is 4. The Labute approximate surface area is 149 Å². The third-order valence-corrected chi connectivity index (χ3v) is 3.79. The molecular weight excluding hydrogens is 328 g/mol. The molecular formula is C20H15N4O2+. The molecule has 26 heavy (non-hydrogen) atoms. The van der Waals surface area contributed by atoms with Gasteiger partial charge < -0.3 is 4.42 Å². The molecule has 0 saturated carbocycles. The zero-order chi connectivity index (χ0) is 17.8. The fourth-order valence-corrected chi connectivity index (χ4v) is 2.45. The van der Waals surface area contributed by atoms with Crippen molar-refractivity contribution >= 4 is 5.91 Å². The number of benzene rings is 2. The summed E-state index contributed by atoms with van der Waals surface area (Å²) in [7, 11) is 0. The molecule has 0 spiro atoms. The van der Waals surface area contributed by atoms with Gasteiger partial charge in [-0.05, 0) is 24.3 Å². The highest BCUT2D eigenvalue weighted by Gasteiger charge is 2.13. The molecule has 0 atom stereocenters. The number of amides is 1. The molecule has 0 fully saturated rings. The summed E-state index contributed by atoms with van der Waals surface area (Å²) in [4.78, 5) is 12.2. The van der Waals surface area contributed by atoms with Crippen LogP contribution in [0.5, 0.6) is 0 Å². The van der Waals surface area contributed by atoms with Crippen molar-refractivity contribution in [2.45, 2.75) is 0 Å². The Kier molecular flexibility index (Phi) is 4.22. The number of hydrogen-bond acceptors (Lipinski definition) is 4. The van der Waals surface area contributed by atoms with Crippen LogP contribution in [0.2, 0.25) is 0 Å². The molecule has 126 valence electrons. The van der Waals surface area contributed by atoms with Gasteiger partial charge in [0, 0.05) is 23.3 Å². The fraction of sp³-hybridized carbons (Fsp3) is 0. The van der Waals surface area contributed by atoms with Crippen molar-refractivity contribution in [3.63, 3.8) is 0 Å². The van der Waals surface area contributed by atoms with Crippen molar-refractivity contribution < 1.29 is 13.9 Å². The van der Waals surface area contributed by atoms with Gasteiger partial charge >= 0.3 is 5.91 Å². The lowest BCUT2D eigenvalue weighted by Gasteiger charge is -2.00. The predicted molar refractivity (Wildman–Crippen MR) is 95.5 cm³/mol. The summed E-state index contributed by atoms with van der Waals surface area (Å²) in [6, 6.07) is 22.2. The van der Waals surface area contributed by atoms with Gasteiger partial charge in [-0.2, -0.15) is 0 Å². The van der Waals surface area contributed by atoms with E-state index in [0.29, 0.717) is 17.3 Å². The van der Waals surface area contributed by atoms with Crippen molar-refractivity contribution in [2.75, 3.05) is 5.43 Å². The van der Waals surface area contributed by atoms with Crippen LogP contribution in [0, 0.1) is 0 Å². The number of hydrogen-bond donors (Lipinski definition) is 1. The topological polar surface area (TPSA) is 71.9 Å². The van der Waals surface area contributed by atoms with E-state index < -0.39 is 0 Å². The summed E-state index contributed by atoms with van der Waals surface area (Å²) in [6.45, 7) is 0. The number of nitrogens with zero attached hydrogens (tertiary/aromatic N) is 3. The number of aromatic nitrogens is 3. The van der Waals surface area contributed by atoms with Crippen LogP contribution in [0.4, 0.5) is 0 Å². The summed E-state index contributed by atoms with van der Waals surface area (Å²) in [5.74, 6) is 0.701. The van der Waals surface area contributed by atoms with Crippen molar-refractivity contribution in [1.29, 1.82) is 0 Å². The molecule has 4 rings (SSSR count). The van der Waals surface area contributed by atoms with Gasteiger partial charge in [-0.3, -0.25) is 4.79 Å². The van der Waals surface area contributed by atoms with Crippen LogP contribution >= 0.6 is 0 Å². The average Bonchev–Trinajstić information content (AvgIpc) is 3.20. The number of pyridine rings is 1. The molecule has 0 aliphatic heterocycles. The van der Waals surface area contributed by atoms with Gasteiger partial charge in [-0.1, -0.05) is 41.1 Å². The van der Waals surface area contributed by atoms with Gasteiger partial charge in [-0.25, -0.2) is 0 Å². The van der Waals surface area contributed by atoms with E-state index >= 15 is 0 Å². The van der Waals surface area contributed by atoms with Crippen molar-refractivity contribution in [2.24, 2.45) is 0 Å². The Hall–Kier alpha value is -3.80. The first-order valence-corrected chi connectivity index (χ1v) is 8.06. The highest BCUT2D eigenvalue weighted by Crippen LogP contribution is 2.22. The van der Waals surface area contributed by atoms with Crippen molar-refractivity contribution in [3.8, 4) is 22.9 Å². The molecule has 0 aliphatic rings. The van der Waals surface area contributed by atoms with Gasteiger partial charge in [-0.15, -0.1) is 15.6 Å². The molecule has 0 bridgehead atoms. The van der Waals surface area contributed by atoms with Crippen molar-refractivity contribution in [1.82, 2.24) is 10.2 Å². The minimum Gasteiger partial charge on any atom is -0.416 e. The van der Waals surface area contributed by atoms with Crippen LogP contribution in [0.25, 0.3) is 22.9 Å². The van der Waals surface area contributed by atoms with Crippen LogP contribution in [0.1, 0.15) is 10.4 Å².